The van der Waals surface area contributed by atoms with Gasteiger partial charge in [-0.2, -0.15) is 0 Å². The zero-order valence-corrected chi connectivity index (χ0v) is 10.5. The SMILES string of the molecule is CCCCCn1c(C)c(C)cc(O)c1=S. The van der Waals surface area contributed by atoms with Gasteiger partial charge in [-0.1, -0.05) is 32.0 Å². The average molecular weight is 225 g/mol. The van der Waals surface area contributed by atoms with Crippen molar-refractivity contribution in [3.63, 3.8) is 0 Å². The van der Waals surface area contributed by atoms with Gasteiger partial charge in [0.25, 0.3) is 0 Å². The summed E-state index contributed by atoms with van der Waals surface area (Å²) in [6.45, 7) is 7.14. The molecule has 0 aliphatic rings. The molecule has 0 saturated heterocycles. The maximum atomic E-state index is 9.64. The minimum absolute atomic E-state index is 0.226. The maximum Gasteiger partial charge on any atom is 0.150 e. The molecule has 0 fully saturated rings. The quantitative estimate of drug-likeness (QED) is 0.624. The molecule has 0 radical (unpaired) electrons. The van der Waals surface area contributed by atoms with Crippen molar-refractivity contribution < 1.29 is 5.11 Å². The summed E-state index contributed by atoms with van der Waals surface area (Å²) < 4.78 is 2.60. The second kappa shape index (κ2) is 5.31. The predicted molar refractivity (Wildman–Crippen MR) is 65.9 cm³/mol. The number of rotatable bonds is 4. The van der Waals surface area contributed by atoms with Gasteiger partial charge in [-0.3, -0.25) is 0 Å². The van der Waals surface area contributed by atoms with E-state index in [1.165, 1.54) is 12.8 Å². The normalized spacial score (nSPS) is 10.6. The van der Waals surface area contributed by atoms with Gasteiger partial charge in [0.05, 0.1) is 0 Å². The van der Waals surface area contributed by atoms with E-state index >= 15 is 0 Å². The number of hydrogen-bond acceptors (Lipinski definition) is 2. The maximum absolute atomic E-state index is 9.64. The fraction of sp³-hybridized carbons (Fsp3) is 0.583. The highest BCUT2D eigenvalue weighted by Gasteiger charge is 2.04. The van der Waals surface area contributed by atoms with Crippen molar-refractivity contribution in [1.29, 1.82) is 0 Å². The molecule has 1 rings (SSSR count). The van der Waals surface area contributed by atoms with Crippen LogP contribution in [0.2, 0.25) is 0 Å². The van der Waals surface area contributed by atoms with E-state index in [9.17, 15) is 5.11 Å². The minimum atomic E-state index is 0.226. The fourth-order valence-electron chi connectivity index (χ4n) is 1.66. The first-order valence-electron chi connectivity index (χ1n) is 5.48. The van der Waals surface area contributed by atoms with Crippen molar-refractivity contribution in [2.45, 2.75) is 46.6 Å². The van der Waals surface area contributed by atoms with Crippen LogP contribution in [0.15, 0.2) is 6.07 Å². The number of hydrogen-bond donors (Lipinski definition) is 1. The van der Waals surface area contributed by atoms with Gasteiger partial charge < -0.3 is 9.67 Å². The monoisotopic (exact) mass is 225 g/mol. The lowest BCUT2D eigenvalue weighted by molar-refractivity contribution is 0.457. The molecule has 3 heteroatoms. The molecule has 1 aromatic heterocycles. The highest BCUT2D eigenvalue weighted by atomic mass is 32.1. The molecular formula is C12H19NOS. The summed E-state index contributed by atoms with van der Waals surface area (Å²) in [6, 6.07) is 1.74. The standard InChI is InChI=1S/C12H19NOS/c1-4-5-6-7-13-10(3)9(2)8-11(14)12(13)15/h8,14H,4-7H2,1-3H3. The van der Waals surface area contributed by atoms with Gasteiger partial charge in [0.1, 0.15) is 4.64 Å². The van der Waals surface area contributed by atoms with Crippen LogP contribution >= 0.6 is 12.2 Å². The Morgan fingerprint density at radius 1 is 1.33 bits per heavy atom. The summed E-state index contributed by atoms with van der Waals surface area (Å²) in [5, 5.41) is 9.64. The highest BCUT2D eigenvalue weighted by molar-refractivity contribution is 7.71. The van der Waals surface area contributed by atoms with E-state index in [-0.39, 0.29) is 5.75 Å². The molecule has 0 amide bonds. The summed E-state index contributed by atoms with van der Waals surface area (Å²) in [5.41, 5.74) is 2.26. The lowest BCUT2D eigenvalue weighted by atomic mass is 10.2. The molecule has 0 saturated carbocycles. The molecule has 1 N–H and O–H groups in total. The largest absolute Gasteiger partial charge is 0.505 e. The van der Waals surface area contributed by atoms with Gasteiger partial charge in [-0.05, 0) is 31.9 Å². The number of unbranched alkanes of at least 4 members (excludes halogenated alkanes) is 2. The topological polar surface area (TPSA) is 25.2 Å². The first-order chi connectivity index (χ1) is 7.07. The molecule has 0 spiro atoms. The van der Waals surface area contributed by atoms with E-state index in [0.29, 0.717) is 4.64 Å². The van der Waals surface area contributed by atoms with Crippen molar-refractivity contribution in [2.24, 2.45) is 0 Å². The second-order valence-corrected chi connectivity index (χ2v) is 4.35. The molecule has 84 valence electrons. The molecule has 0 unspecified atom stereocenters. The minimum Gasteiger partial charge on any atom is -0.505 e. The molecule has 0 aliphatic carbocycles. The Kier molecular flexibility index (Phi) is 4.33. The lowest BCUT2D eigenvalue weighted by Crippen LogP contribution is -2.06. The van der Waals surface area contributed by atoms with Crippen LogP contribution in [0.4, 0.5) is 0 Å². The fourth-order valence-corrected chi connectivity index (χ4v) is 1.95. The summed E-state index contributed by atoms with van der Waals surface area (Å²) >= 11 is 5.20. The van der Waals surface area contributed by atoms with Crippen LogP contribution in [-0.4, -0.2) is 9.67 Å². The van der Waals surface area contributed by atoms with Gasteiger partial charge in [0.2, 0.25) is 0 Å². The summed E-state index contributed by atoms with van der Waals surface area (Å²) in [4.78, 5) is 0. The molecule has 2 nitrogen and oxygen atoms in total. The van der Waals surface area contributed by atoms with E-state index in [0.717, 1.165) is 24.2 Å². The molecule has 15 heavy (non-hydrogen) atoms. The van der Waals surface area contributed by atoms with Gasteiger partial charge in [0, 0.05) is 12.2 Å². The Morgan fingerprint density at radius 2 is 2.00 bits per heavy atom. The van der Waals surface area contributed by atoms with Crippen LogP contribution in [0.3, 0.4) is 0 Å². The number of pyridine rings is 1. The van der Waals surface area contributed by atoms with Crippen LogP contribution in [0.25, 0.3) is 0 Å². The van der Waals surface area contributed by atoms with Crippen LogP contribution in [0.5, 0.6) is 5.75 Å². The Bertz CT molecular complexity index is 395. The average Bonchev–Trinajstić information content (AvgIpc) is 2.20. The summed E-state index contributed by atoms with van der Waals surface area (Å²) in [6.07, 6.45) is 3.52. The molecule has 1 aromatic rings. The second-order valence-electron chi connectivity index (χ2n) is 3.96. The first kappa shape index (κ1) is 12.2. The first-order valence-corrected chi connectivity index (χ1v) is 5.88. The summed E-state index contributed by atoms with van der Waals surface area (Å²) in [7, 11) is 0. The van der Waals surface area contributed by atoms with E-state index in [1.54, 1.807) is 6.07 Å². The third kappa shape index (κ3) is 2.81. The zero-order valence-electron chi connectivity index (χ0n) is 9.71. The van der Waals surface area contributed by atoms with Crippen LogP contribution < -0.4 is 0 Å². The van der Waals surface area contributed by atoms with Crippen molar-refractivity contribution >= 4 is 12.2 Å². The smallest absolute Gasteiger partial charge is 0.150 e. The van der Waals surface area contributed by atoms with E-state index in [4.69, 9.17) is 12.2 Å². The molecule has 0 bridgehead atoms. The van der Waals surface area contributed by atoms with Crippen LogP contribution in [0, 0.1) is 18.5 Å². The third-order valence-electron chi connectivity index (χ3n) is 2.78. The zero-order chi connectivity index (χ0) is 11.4. The number of aromatic nitrogens is 1. The summed E-state index contributed by atoms with van der Waals surface area (Å²) in [5.74, 6) is 0.226. The Hall–Kier alpha value is -0.830. The van der Waals surface area contributed by atoms with E-state index in [2.05, 4.69) is 13.8 Å². The van der Waals surface area contributed by atoms with E-state index < -0.39 is 0 Å². The molecule has 0 aromatic carbocycles. The van der Waals surface area contributed by atoms with Crippen molar-refractivity contribution in [1.82, 2.24) is 4.57 Å². The number of aryl methyl sites for hydroxylation is 1. The van der Waals surface area contributed by atoms with Gasteiger partial charge in [-0.15, -0.1) is 0 Å². The third-order valence-corrected chi connectivity index (χ3v) is 3.21. The van der Waals surface area contributed by atoms with Gasteiger partial charge >= 0.3 is 0 Å². The molecule has 0 atom stereocenters. The van der Waals surface area contributed by atoms with Crippen molar-refractivity contribution in [2.75, 3.05) is 0 Å². The van der Waals surface area contributed by atoms with Crippen molar-refractivity contribution in [3.8, 4) is 5.75 Å². The Labute approximate surface area is 96.6 Å². The highest BCUT2D eigenvalue weighted by Crippen LogP contribution is 2.19. The van der Waals surface area contributed by atoms with Crippen LogP contribution in [-0.2, 0) is 6.54 Å². The Morgan fingerprint density at radius 3 is 2.60 bits per heavy atom. The van der Waals surface area contributed by atoms with Crippen molar-refractivity contribution in [3.05, 3.63) is 22.0 Å². The molecule has 0 aliphatic heterocycles. The van der Waals surface area contributed by atoms with E-state index in [1.807, 2.05) is 11.5 Å². The lowest BCUT2D eigenvalue weighted by Gasteiger charge is -2.14. The van der Waals surface area contributed by atoms with Crippen LogP contribution in [0.1, 0.15) is 37.4 Å². The van der Waals surface area contributed by atoms with Gasteiger partial charge in [0.15, 0.2) is 5.75 Å². The molecular weight excluding hydrogens is 206 g/mol. The number of nitrogens with zero attached hydrogens (tertiary/aromatic N) is 1. The number of aromatic hydroxyl groups is 1. The predicted octanol–water partition coefficient (Wildman–Crippen LogP) is 3.73. The Balaban J connectivity index is 3.00. The van der Waals surface area contributed by atoms with Gasteiger partial charge in [-0.25, -0.2) is 0 Å². The molecule has 1 heterocycles.